The molecule has 0 saturated heterocycles. The predicted molar refractivity (Wildman–Crippen MR) is 58.3 cm³/mol. The van der Waals surface area contributed by atoms with E-state index in [2.05, 4.69) is 19.9 Å². The van der Waals surface area contributed by atoms with Crippen molar-refractivity contribution in [1.82, 2.24) is 0 Å². The molecule has 0 fully saturated rings. The molecule has 86 valence electrons. The Labute approximate surface area is 91.1 Å². The van der Waals surface area contributed by atoms with Crippen LogP contribution in [0.2, 0.25) is 0 Å². The van der Waals surface area contributed by atoms with Crippen LogP contribution in [-0.2, 0) is 9.53 Å². The van der Waals surface area contributed by atoms with Crippen molar-refractivity contribution in [1.29, 1.82) is 0 Å². The van der Waals surface area contributed by atoms with E-state index in [1.807, 2.05) is 0 Å². The molecule has 1 rings (SSSR count). The molecule has 2 unspecified atom stereocenters. The van der Waals surface area contributed by atoms with Crippen LogP contribution in [0.4, 0.5) is 0 Å². The minimum atomic E-state index is -0.111. The van der Waals surface area contributed by atoms with Crippen LogP contribution in [0, 0.1) is 11.8 Å². The number of hydrogen-bond acceptors (Lipinski definition) is 3. The smallest absolute Gasteiger partial charge is 0.309 e. The highest BCUT2D eigenvalue weighted by Crippen LogP contribution is 2.29. The molecule has 0 aromatic carbocycles. The molecule has 15 heavy (non-hydrogen) atoms. The number of hydrogen-bond donors (Lipinski definition) is 1. The lowest BCUT2D eigenvalue weighted by Crippen LogP contribution is -2.26. The summed E-state index contributed by atoms with van der Waals surface area (Å²) >= 11 is 0. The Kier molecular flexibility index (Phi) is 4.82. The molecule has 0 aromatic rings. The number of esters is 1. The van der Waals surface area contributed by atoms with Gasteiger partial charge in [-0.1, -0.05) is 18.6 Å². The predicted octanol–water partition coefficient (Wildman–Crippen LogP) is 1.90. The Hall–Kier alpha value is -0.830. The van der Waals surface area contributed by atoms with Crippen LogP contribution >= 0.6 is 0 Å². The fourth-order valence-corrected chi connectivity index (χ4v) is 1.97. The van der Waals surface area contributed by atoms with E-state index in [1.54, 1.807) is 0 Å². The minimum Gasteiger partial charge on any atom is -0.465 e. The maximum absolute atomic E-state index is 11.7. The Morgan fingerprint density at radius 3 is 3.00 bits per heavy atom. The van der Waals surface area contributed by atoms with Gasteiger partial charge in [0.2, 0.25) is 0 Å². The summed E-state index contributed by atoms with van der Waals surface area (Å²) in [4.78, 5) is 11.7. The number of aliphatic hydroxyl groups excluding tert-OH is 1. The fraction of sp³-hybridized carbons (Fsp3) is 0.750. The standard InChI is InChI=1S/C12H20O3/c1-9-4-5-11(10(2)8-9)12(14)15-7-3-6-13/h4,10-11,13H,3,5-8H2,1-2H3. The van der Waals surface area contributed by atoms with Gasteiger partial charge in [0.15, 0.2) is 0 Å². The van der Waals surface area contributed by atoms with Crippen LogP contribution in [0.3, 0.4) is 0 Å². The normalized spacial score (nSPS) is 25.9. The van der Waals surface area contributed by atoms with E-state index in [1.165, 1.54) is 5.57 Å². The maximum Gasteiger partial charge on any atom is 0.309 e. The van der Waals surface area contributed by atoms with Crippen molar-refractivity contribution in [2.24, 2.45) is 11.8 Å². The van der Waals surface area contributed by atoms with E-state index in [0.717, 1.165) is 12.8 Å². The van der Waals surface area contributed by atoms with Gasteiger partial charge < -0.3 is 9.84 Å². The van der Waals surface area contributed by atoms with E-state index < -0.39 is 0 Å². The van der Waals surface area contributed by atoms with Crippen LogP contribution < -0.4 is 0 Å². The summed E-state index contributed by atoms with van der Waals surface area (Å²) in [6.45, 7) is 4.60. The van der Waals surface area contributed by atoms with E-state index in [-0.39, 0.29) is 18.5 Å². The van der Waals surface area contributed by atoms with Gasteiger partial charge in [-0.25, -0.2) is 0 Å². The van der Waals surface area contributed by atoms with Crippen molar-refractivity contribution < 1.29 is 14.6 Å². The highest BCUT2D eigenvalue weighted by atomic mass is 16.5. The van der Waals surface area contributed by atoms with Gasteiger partial charge in [0.05, 0.1) is 12.5 Å². The monoisotopic (exact) mass is 212 g/mol. The van der Waals surface area contributed by atoms with Crippen molar-refractivity contribution in [3.8, 4) is 0 Å². The molecule has 2 atom stereocenters. The van der Waals surface area contributed by atoms with Gasteiger partial charge in [-0.3, -0.25) is 4.79 Å². The molecule has 0 heterocycles. The third kappa shape index (κ3) is 3.67. The van der Waals surface area contributed by atoms with E-state index >= 15 is 0 Å². The zero-order chi connectivity index (χ0) is 11.3. The highest BCUT2D eigenvalue weighted by Gasteiger charge is 2.28. The van der Waals surface area contributed by atoms with Gasteiger partial charge in [0.25, 0.3) is 0 Å². The first-order valence-electron chi connectivity index (χ1n) is 5.58. The molecular weight excluding hydrogens is 192 g/mol. The molecule has 0 bridgehead atoms. The van der Waals surface area contributed by atoms with Crippen molar-refractivity contribution in [3.05, 3.63) is 11.6 Å². The van der Waals surface area contributed by atoms with Gasteiger partial charge in [-0.2, -0.15) is 0 Å². The Morgan fingerprint density at radius 1 is 1.67 bits per heavy atom. The molecule has 0 saturated carbocycles. The lowest BCUT2D eigenvalue weighted by molar-refractivity contribution is -0.150. The minimum absolute atomic E-state index is 0.00685. The van der Waals surface area contributed by atoms with Crippen LogP contribution in [0.1, 0.15) is 33.1 Å². The largest absolute Gasteiger partial charge is 0.465 e. The van der Waals surface area contributed by atoms with Gasteiger partial charge >= 0.3 is 5.97 Å². The van der Waals surface area contributed by atoms with Crippen LogP contribution in [0.25, 0.3) is 0 Å². The third-order valence-electron chi connectivity index (χ3n) is 2.90. The van der Waals surface area contributed by atoms with Crippen molar-refractivity contribution in [3.63, 3.8) is 0 Å². The number of aliphatic hydroxyl groups is 1. The molecule has 0 aromatic heterocycles. The first kappa shape index (κ1) is 12.2. The molecule has 0 aliphatic heterocycles. The van der Waals surface area contributed by atoms with E-state index in [4.69, 9.17) is 9.84 Å². The second-order valence-corrected chi connectivity index (χ2v) is 4.32. The summed E-state index contributed by atoms with van der Waals surface area (Å²) in [6, 6.07) is 0. The quantitative estimate of drug-likeness (QED) is 0.440. The second-order valence-electron chi connectivity index (χ2n) is 4.32. The van der Waals surface area contributed by atoms with Gasteiger partial charge in [0, 0.05) is 13.0 Å². The first-order chi connectivity index (χ1) is 7.15. The van der Waals surface area contributed by atoms with E-state index in [9.17, 15) is 4.79 Å². The molecule has 3 nitrogen and oxygen atoms in total. The lowest BCUT2D eigenvalue weighted by atomic mass is 9.81. The van der Waals surface area contributed by atoms with Gasteiger partial charge in [0.1, 0.15) is 0 Å². The first-order valence-corrected chi connectivity index (χ1v) is 5.58. The van der Waals surface area contributed by atoms with Gasteiger partial charge in [-0.15, -0.1) is 0 Å². The summed E-state index contributed by atoms with van der Waals surface area (Å²) in [5, 5.41) is 8.58. The average molecular weight is 212 g/mol. The van der Waals surface area contributed by atoms with Crippen LogP contribution in [0.5, 0.6) is 0 Å². The zero-order valence-corrected chi connectivity index (χ0v) is 9.53. The Balaban J connectivity index is 2.39. The molecular formula is C12H20O3. The number of allylic oxidation sites excluding steroid dienone is 2. The zero-order valence-electron chi connectivity index (χ0n) is 9.53. The number of carbonyl (C=O) groups is 1. The molecule has 1 aliphatic carbocycles. The number of ether oxygens (including phenoxy) is 1. The molecule has 0 amide bonds. The summed E-state index contributed by atoms with van der Waals surface area (Å²) in [7, 11) is 0. The maximum atomic E-state index is 11.7. The molecule has 0 radical (unpaired) electrons. The van der Waals surface area contributed by atoms with Crippen molar-refractivity contribution >= 4 is 5.97 Å². The van der Waals surface area contributed by atoms with Crippen molar-refractivity contribution in [2.75, 3.05) is 13.2 Å². The summed E-state index contributed by atoms with van der Waals surface area (Å²) < 4.78 is 5.10. The molecule has 0 spiro atoms. The number of rotatable bonds is 4. The van der Waals surface area contributed by atoms with E-state index in [0.29, 0.717) is 18.9 Å². The Bertz CT molecular complexity index is 245. The highest BCUT2D eigenvalue weighted by molar-refractivity contribution is 5.73. The van der Waals surface area contributed by atoms with Crippen molar-refractivity contribution in [2.45, 2.75) is 33.1 Å². The molecule has 1 aliphatic rings. The van der Waals surface area contributed by atoms with Gasteiger partial charge in [-0.05, 0) is 25.7 Å². The topological polar surface area (TPSA) is 46.5 Å². The molecule has 1 N–H and O–H groups in total. The van der Waals surface area contributed by atoms with Crippen LogP contribution in [-0.4, -0.2) is 24.3 Å². The third-order valence-corrected chi connectivity index (χ3v) is 2.90. The SMILES string of the molecule is CC1=CCC(C(=O)OCCCO)C(C)C1. The number of carbonyl (C=O) groups excluding carboxylic acids is 1. The average Bonchev–Trinajstić information content (AvgIpc) is 2.17. The Morgan fingerprint density at radius 2 is 2.40 bits per heavy atom. The fourth-order valence-electron chi connectivity index (χ4n) is 1.97. The second kappa shape index (κ2) is 5.91. The summed E-state index contributed by atoms with van der Waals surface area (Å²) in [5.41, 5.74) is 1.36. The molecule has 3 heteroatoms. The summed E-state index contributed by atoms with van der Waals surface area (Å²) in [6.07, 6.45) is 4.43. The lowest BCUT2D eigenvalue weighted by Gasteiger charge is -2.25. The summed E-state index contributed by atoms with van der Waals surface area (Å²) in [5.74, 6) is 0.267. The van der Waals surface area contributed by atoms with Crippen LogP contribution in [0.15, 0.2) is 11.6 Å².